The van der Waals surface area contributed by atoms with Crippen LogP contribution in [0.3, 0.4) is 0 Å². The molecule has 0 spiro atoms. The van der Waals surface area contributed by atoms with E-state index in [4.69, 9.17) is 4.42 Å². The minimum Gasteiger partial charge on any atom is -0.441 e. The molecule has 2 aliphatic carbocycles. The van der Waals surface area contributed by atoms with Crippen LogP contribution in [0.5, 0.6) is 0 Å². The SMILES string of the molecule is Cc1ncc(-c2ccc3cnc(CC(=O)C4CCC(C5CC5CF)CC4)cc3c2)o1. The van der Waals surface area contributed by atoms with Crippen LogP contribution in [-0.2, 0) is 11.2 Å². The zero-order chi connectivity index (χ0) is 20.7. The van der Waals surface area contributed by atoms with Crippen molar-refractivity contribution < 1.29 is 13.6 Å². The number of aromatic nitrogens is 2. The molecule has 4 nitrogen and oxygen atoms in total. The van der Waals surface area contributed by atoms with Crippen LogP contribution in [0.1, 0.15) is 43.7 Å². The number of ketones is 1. The number of carbonyl (C=O) groups is 1. The topological polar surface area (TPSA) is 56.0 Å². The molecule has 2 aliphatic rings. The van der Waals surface area contributed by atoms with Crippen LogP contribution >= 0.6 is 0 Å². The summed E-state index contributed by atoms with van der Waals surface area (Å²) in [5.41, 5.74) is 1.79. The molecule has 2 aromatic heterocycles. The van der Waals surface area contributed by atoms with Gasteiger partial charge in [0.2, 0.25) is 0 Å². The zero-order valence-electron chi connectivity index (χ0n) is 17.3. The number of alkyl halides is 1. The molecule has 0 radical (unpaired) electrons. The molecule has 0 N–H and O–H groups in total. The molecule has 2 unspecified atom stereocenters. The molecule has 0 amide bonds. The summed E-state index contributed by atoms with van der Waals surface area (Å²) in [7, 11) is 0. The fourth-order valence-corrected chi connectivity index (χ4v) is 5.15. The highest BCUT2D eigenvalue weighted by atomic mass is 19.1. The van der Waals surface area contributed by atoms with E-state index in [1.165, 1.54) is 0 Å². The van der Waals surface area contributed by atoms with Crippen LogP contribution in [0.15, 0.2) is 41.1 Å². The predicted octanol–water partition coefficient (Wildman–Crippen LogP) is 5.72. The van der Waals surface area contributed by atoms with Gasteiger partial charge in [-0.25, -0.2) is 4.98 Å². The van der Waals surface area contributed by atoms with Crippen LogP contribution in [-0.4, -0.2) is 22.4 Å². The van der Waals surface area contributed by atoms with E-state index in [9.17, 15) is 9.18 Å². The number of nitrogens with zero attached hydrogens (tertiary/aromatic N) is 2. The molecule has 5 heteroatoms. The number of pyridine rings is 1. The molecular weight excluding hydrogens is 379 g/mol. The molecule has 2 fully saturated rings. The van der Waals surface area contributed by atoms with Crippen LogP contribution in [0, 0.1) is 30.6 Å². The summed E-state index contributed by atoms with van der Waals surface area (Å²) in [6, 6.07) is 8.10. The Bertz CT molecular complexity index is 1070. The third kappa shape index (κ3) is 3.90. The molecule has 0 bridgehead atoms. The number of halogens is 1. The minimum absolute atomic E-state index is 0.129. The molecule has 30 heavy (non-hydrogen) atoms. The Kier molecular flexibility index (Phi) is 5.13. The van der Waals surface area contributed by atoms with E-state index in [-0.39, 0.29) is 12.6 Å². The van der Waals surface area contributed by atoms with E-state index in [1.807, 2.05) is 31.3 Å². The summed E-state index contributed by atoms with van der Waals surface area (Å²) >= 11 is 0. The second kappa shape index (κ2) is 7.93. The van der Waals surface area contributed by atoms with Crippen molar-refractivity contribution in [3.05, 3.63) is 48.2 Å². The van der Waals surface area contributed by atoms with E-state index in [2.05, 4.69) is 16.0 Å². The maximum Gasteiger partial charge on any atom is 0.191 e. The van der Waals surface area contributed by atoms with E-state index in [1.54, 1.807) is 6.20 Å². The molecule has 0 saturated heterocycles. The summed E-state index contributed by atoms with van der Waals surface area (Å²) in [5, 5.41) is 2.09. The van der Waals surface area contributed by atoms with Gasteiger partial charge in [0.1, 0.15) is 5.78 Å². The maximum absolute atomic E-state index is 12.9. The van der Waals surface area contributed by atoms with E-state index in [0.29, 0.717) is 35.8 Å². The number of oxazole rings is 1. The van der Waals surface area contributed by atoms with Crippen molar-refractivity contribution in [3.8, 4) is 11.3 Å². The number of aryl methyl sites for hydroxylation is 1. The summed E-state index contributed by atoms with van der Waals surface area (Å²) in [6.45, 7) is 1.66. The lowest BCUT2D eigenvalue weighted by Gasteiger charge is -2.28. The quantitative estimate of drug-likeness (QED) is 0.525. The lowest BCUT2D eigenvalue weighted by molar-refractivity contribution is -0.123. The first-order valence-electron chi connectivity index (χ1n) is 11.0. The Labute approximate surface area is 175 Å². The monoisotopic (exact) mass is 406 g/mol. The number of carbonyl (C=O) groups excluding carboxylic acids is 1. The lowest BCUT2D eigenvalue weighted by Crippen LogP contribution is -2.24. The van der Waals surface area contributed by atoms with Gasteiger partial charge in [-0.2, -0.15) is 0 Å². The number of fused-ring (bicyclic) bond motifs is 1. The van der Waals surface area contributed by atoms with Gasteiger partial charge in [-0.05, 0) is 67.4 Å². The summed E-state index contributed by atoms with van der Waals surface area (Å²) < 4.78 is 18.4. The van der Waals surface area contributed by atoms with Gasteiger partial charge in [0.05, 0.1) is 12.9 Å². The van der Waals surface area contributed by atoms with E-state index < -0.39 is 0 Å². The molecule has 0 aliphatic heterocycles. The van der Waals surface area contributed by atoms with Crippen molar-refractivity contribution in [1.82, 2.24) is 9.97 Å². The van der Waals surface area contributed by atoms with Crippen molar-refractivity contribution in [1.29, 1.82) is 0 Å². The first-order valence-corrected chi connectivity index (χ1v) is 11.0. The third-order valence-corrected chi connectivity index (χ3v) is 7.05. The lowest BCUT2D eigenvalue weighted by atomic mass is 9.77. The third-order valence-electron chi connectivity index (χ3n) is 7.05. The van der Waals surface area contributed by atoms with Gasteiger partial charge >= 0.3 is 0 Å². The summed E-state index contributed by atoms with van der Waals surface area (Å²) in [6.07, 6.45) is 9.04. The van der Waals surface area contributed by atoms with Gasteiger partial charge in [-0.1, -0.05) is 12.1 Å². The van der Waals surface area contributed by atoms with Crippen molar-refractivity contribution in [2.24, 2.45) is 23.7 Å². The summed E-state index contributed by atoms with van der Waals surface area (Å²) in [4.78, 5) is 21.6. The fourth-order valence-electron chi connectivity index (χ4n) is 5.15. The van der Waals surface area contributed by atoms with Gasteiger partial charge in [0.15, 0.2) is 11.7 Å². The average Bonchev–Trinajstić information content (AvgIpc) is 3.44. The highest BCUT2D eigenvalue weighted by molar-refractivity contribution is 5.88. The molecule has 2 atom stereocenters. The average molecular weight is 407 g/mol. The predicted molar refractivity (Wildman–Crippen MR) is 114 cm³/mol. The van der Waals surface area contributed by atoms with Crippen LogP contribution in [0.25, 0.3) is 22.1 Å². The second-order valence-corrected chi connectivity index (χ2v) is 9.05. The number of benzene rings is 1. The van der Waals surface area contributed by atoms with Crippen LogP contribution < -0.4 is 0 Å². The Morgan fingerprint density at radius 3 is 2.63 bits per heavy atom. The molecule has 1 aromatic carbocycles. The van der Waals surface area contributed by atoms with Crippen LogP contribution in [0.4, 0.5) is 4.39 Å². The molecule has 2 heterocycles. The first-order chi connectivity index (χ1) is 14.6. The minimum atomic E-state index is -0.172. The Morgan fingerprint density at radius 1 is 1.10 bits per heavy atom. The molecule has 3 aromatic rings. The van der Waals surface area contributed by atoms with Gasteiger partial charge in [0.25, 0.3) is 0 Å². The first kappa shape index (κ1) is 19.4. The Morgan fingerprint density at radius 2 is 1.93 bits per heavy atom. The highest BCUT2D eigenvalue weighted by Gasteiger charge is 2.44. The zero-order valence-corrected chi connectivity index (χ0v) is 17.3. The standard InChI is InChI=1S/C25H27FN2O2/c1-15-27-14-25(30-15)18-6-7-19-13-28-22(9-20(19)8-18)11-24(29)17-4-2-16(3-5-17)23-10-21(23)12-26/h6-9,13-14,16-17,21,23H,2-5,10-12H2,1H3. The molecular formula is C25H27FN2O2. The van der Waals surface area contributed by atoms with E-state index in [0.717, 1.165) is 59.9 Å². The number of hydrogen-bond donors (Lipinski definition) is 0. The van der Waals surface area contributed by atoms with Crippen molar-refractivity contribution in [3.63, 3.8) is 0 Å². The largest absolute Gasteiger partial charge is 0.441 e. The second-order valence-electron chi connectivity index (χ2n) is 9.05. The van der Waals surface area contributed by atoms with Gasteiger partial charge in [0, 0.05) is 42.1 Å². The van der Waals surface area contributed by atoms with Gasteiger partial charge in [-0.15, -0.1) is 0 Å². The fraction of sp³-hybridized carbons (Fsp3) is 0.480. The van der Waals surface area contributed by atoms with Crippen LogP contribution in [0.2, 0.25) is 0 Å². The molecule has 5 rings (SSSR count). The highest BCUT2D eigenvalue weighted by Crippen LogP contribution is 2.50. The smallest absolute Gasteiger partial charge is 0.191 e. The normalized spacial score (nSPS) is 26.1. The van der Waals surface area contributed by atoms with Crippen molar-refractivity contribution >= 4 is 16.6 Å². The van der Waals surface area contributed by atoms with Crippen molar-refractivity contribution in [2.45, 2.75) is 45.4 Å². The maximum atomic E-state index is 12.9. The molecule has 2 saturated carbocycles. The summed E-state index contributed by atoms with van der Waals surface area (Å²) in [5.74, 6) is 3.32. The number of rotatable bonds is 6. The van der Waals surface area contributed by atoms with Gasteiger partial charge < -0.3 is 4.42 Å². The number of hydrogen-bond acceptors (Lipinski definition) is 4. The van der Waals surface area contributed by atoms with E-state index >= 15 is 0 Å². The van der Waals surface area contributed by atoms with Gasteiger partial charge in [-0.3, -0.25) is 14.2 Å². The number of Topliss-reactive ketones (excluding diaryl/α,β-unsaturated/α-hetero) is 1. The molecule has 156 valence electrons. The van der Waals surface area contributed by atoms with Crippen molar-refractivity contribution in [2.75, 3.05) is 6.67 Å². The Hall–Kier alpha value is -2.56. The Balaban J connectivity index is 1.25.